The maximum atomic E-state index is 12.3. The largest absolute Gasteiger partial charge is 0.298 e. The highest BCUT2D eigenvalue weighted by Crippen LogP contribution is 2.19. The number of carbonyl (C=O) groups excluding carboxylic acids is 1. The molecule has 21 heavy (non-hydrogen) atoms. The second-order valence-corrected chi connectivity index (χ2v) is 4.99. The van der Waals surface area contributed by atoms with Gasteiger partial charge in [-0.25, -0.2) is 4.99 Å². The number of amidine groups is 1. The van der Waals surface area contributed by atoms with E-state index in [4.69, 9.17) is 0 Å². The van der Waals surface area contributed by atoms with Crippen LogP contribution in [0.1, 0.15) is 11.1 Å². The third-order valence-electron chi connectivity index (χ3n) is 3.47. The van der Waals surface area contributed by atoms with E-state index in [2.05, 4.69) is 4.99 Å². The Labute approximate surface area is 124 Å². The Bertz CT molecular complexity index is 703. The Morgan fingerprint density at radius 3 is 2.29 bits per heavy atom. The van der Waals surface area contributed by atoms with Crippen molar-refractivity contribution >= 4 is 17.8 Å². The fourth-order valence-corrected chi connectivity index (χ4v) is 2.29. The summed E-state index contributed by atoms with van der Waals surface area (Å²) in [5.41, 5.74) is 2.63. The number of hydrogen-bond donors (Lipinski definition) is 0. The molecular weight excluding hydrogens is 260 g/mol. The van der Waals surface area contributed by atoms with Gasteiger partial charge in [-0.2, -0.15) is 0 Å². The van der Waals surface area contributed by atoms with E-state index in [1.165, 1.54) is 0 Å². The standard InChI is InChI=1S/C18H16N2O/c1-20-17(13-15-10-6-3-7-11-15)19-16(18(20)21)12-14-8-4-2-5-9-14/h2-12H,13H2,1H3/b16-12+. The Hall–Kier alpha value is -2.68. The summed E-state index contributed by atoms with van der Waals surface area (Å²) in [7, 11) is 1.77. The van der Waals surface area contributed by atoms with Crippen LogP contribution in [0.3, 0.4) is 0 Å². The SMILES string of the molecule is CN1C(=O)/C(=C\c2ccccc2)N=C1Cc1ccccc1. The third kappa shape index (κ3) is 2.92. The Kier molecular flexibility index (Phi) is 3.65. The smallest absolute Gasteiger partial charge is 0.277 e. The molecule has 0 saturated heterocycles. The van der Waals surface area contributed by atoms with Gasteiger partial charge in [-0.3, -0.25) is 9.69 Å². The van der Waals surface area contributed by atoms with Gasteiger partial charge in [0.2, 0.25) is 0 Å². The molecule has 3 nitrogen and oxygen atoms in total. The van der Waals surface area contributed by atoms with Gasteiger partial charge < -0.3 is 0 Å². The zero-order valence-corrected chi connectivity index (χ0v) is 11.9. The molecule has 0 saturated carbocycles. The van der Waals surface area contributed by atoms with Crippen molar-refractivity contribution in [3.8, 4) is 0 Å². The highest BCUT2D eigenvalue weighted by atomic mass is 16.2. The molecule has 3 heteroatoms. The first-order valence-corrected chi connectivity index (χ1v) is 6.90. The Morgan fingerprint density at radius 2 is 1.62 bits per heavy atom. The summed E-state index contributed by atoms with van der Waals surface area (Å²) >= 11 is 0. The predicted octanol–water partition coefficient (Wildman–Crippen LogP) is 3.14. The lowest BCUT2D eigenvalue weighted by molar-refractivity contribution is -0.121. The van der Waals surface area contributed by atoms with Crippen molar-refractivity contribution in [3.63, 3.8) is 0 Å². The van der Waals surface area contributed by atoms with Crippen molar-refractivity contribution in [2.45, 2.75) is 6.42 Å². The molecule has 0 bridgehead atoms. The van der Waals surface area contributed by atoms with E-state index in [1.54, 1.807) is 11.9 Å². The molecular formula is C18H16N2O. The summed E-state index contributed by atoms with van der Waals surface area (Å²) < 4.78 is 0. The second kappa shape index (κ2) is 5.75. The number of amides is 1. The van der Waals surface area contributed by atoms with Crippen LogP contribution in [0.15, 0.2) is 71.4 Å². The molecule has 3 rings (SSSR count). The van der Waals surface area contributed by atoms with E-state index >= 15 is 0 Å². The van der Waals surface area contributed by atoms with Crippen molar-refractivity contribution in [1.29, 1.82) is 0 Å². The molecule has 0 N–H and O–H groups in total. The molecule has 0 aromatic heterocycles. The number of carbonyl (C=O) groups is 1. The van der Waals surface area contributed by atoms with Gasteiger partial charge in [0.15, 0.2) is 0 Å². The van der Waals surface area contributed by atoms with Crippen LogP contribution in [-0.4, -0.2) is 23.7 Å². The molecule has 0 spiro atoms. The van der Waals surface area contributed by atoms with Crippen molar-refractivity contribution in [3.05, 3.63) is 77.5 Å². The molecule has 104 valence electrons. The van der Waals surface area contributed by atoms with Crippen LogP contribution in [0.4, 0.5) is 0 Å². The zero-order valence-electron chi connectivity index (χ0n) is 11.9. The monoisotopic (exact) mass is 276 g/mol. The Balaban J connectivity index is 1.87. The zero-order chi connectivity index (χ0) is 14.7. The van der Waals surface area contributed by atoms with Gasteiger partial charge in [0.1, 0.15) is 11.5 Å². The molecule has 2 aromatic rings. The predicted molar refractivity (Wildman–Crippen MR) is 84.8 cm³/mol. The number of rotatable bonds is 3. The summed E-state index contributed by atoms with van der Waals surface area (Å²) in [5.74, 6) is 0.734. The molecule has 1 aliphatic rings. The lowest BCUT2D eigenvalue weighted by Gasteiger charge is -2.11. The molecule has 0 atom stereocenters. The van der Waals surface area contributed by atoms with Gasteiger partial charge in [-0.05, 0) is 17.2 Å². The highest BCUT2D eigenvalue weighted by Gasteiger charge is 2.26. The number of likely N-dealkylation sites (N-methyl/N-ethyl adjacent to an activating group) is 1. The van der Waals surface area contributed by atoms with Crippen LogP contribution in [0, 0.1) is 0 Å². The molecule has 1 aliphatic heterocycles. The molecule has 1 heterocycles. The average molecular weight is 276 g/mol. The lowest BCUT2D eigenvalue weighted by Crippen LogP contribution is -2.28. The van der Waals surface area contributed by atoms with E-state index in [1.807, 2.05) is 66.7 Å². The minimum Gasteiger partial charge on any atom is -0.298 e. The van der Waals surface area contributed by atoms with E-state index < -0.39 is 0 Å². The fourth-order valence-electron chi connectivity index (χ4n) is 2.29. The van der Waals surface area contributed by atoms with E-state index in [0.717, 1.165) is 17.0 Å². The van der Waals surface area contributed by atoms with Crippen LogP contribution in [0.25, 0.3) is 6.08 Å². The normalized spacial score (nSPS) is 16.4. The minimum absolute atomic E-state index is 0.0511. The summed E-state index contributed by atoms with van der Waals surface area (Å²) in [4.78, 5) is 18.4. The fraction of sp³-hybridized carbons (Fsp3) is 0.111. The van der Waals surface area contributed by atoms with Crippen LogP contribution in [0.5, 0.6) is 0 Å². The first-order valence-electron chi connectivity index (χ1n) is 6.90. The number of aliphatic imine (C=N–C) groups is 1. The Morgan fingerprint density at radius 1 is 1.00 bits per heavy atom. The summed E-state index contributed by atoms with van der Waals surface area (Å²) in [6.45, 7) is 0. The first-order chi connectivity index (χ1) is 10.2. The molecule has 0 unspecified atom stereocenters. The number of hydrogen-bond acceptors (Lipinski definition) is 2. The topological polar surface area (TPSA) is 32.7 Å². The summed E-state index contributed by atoms with van der Waals surface area (Å²) in [5, 5.41) is 0. The molecule has 0 fully saturated rings. The quantitative estimate of drug-likeness (QED) is 0.793. The van der Waals surface area contributed by atoms with Crippen LogP contribution in [-0.2, 0) is 11.2 Å². The molecule has 0 radical (unpaired) electrons. The van der Waals surface area contributed by atoms with Crippen LogP contribution in [0.2, 0.25) is 0 Å². The van der Waals surface area contributed by atoms with Crippen molar-refractivity contribution in [1.82, 2.24) is 4.90 Å². The lowest BCUT2D eigenvalue weighted by atomic mass is 10.1. The van der Waals surface area contributed by atoms with Gasteiger partial charge in [0, 0.05) is 13.5 Å². The summed E-state index contributed by atoms with van der Waals surface area (Å²) in [6.07, 6.45) is 2.49. The minimum atomic E-state index is -0.0511. The van der Waals surface area contributed by atoms with E-state index in [9.17, 15) is 4.79 Å². The van der Waals surface area contributed by atoms with E-state index in [-0.39, 0.29) is 5.91 Å². The molecule has 2 aromatic carbocycles. The van der Waals surface area contributed by atoms with Gasteiger partial charge in [0.05, 0.1) is 0 Å². The van der Waals surface area contributed by atoms with E-state index in [0.29, 0.717) is 12.1 Å². The maximum Gasteiger partial charge on any atom is 0.277 e. The van der Waals surface area contributed by atoms with Crippen molar-refractivity contribution in [2.75, 3.05) is 7.05 Å². The second-order valence-electron chi connectivity index (χ2n) is 4.99. The van der Waals surface area contributed by atoms with Gasteiger partial charge in [-0.15, -0.1) is 0 Å². The molecule has 1 amide bonds. The maximum absolute atomic E-state index is 12.3. The third-order valence-corrected chi connectivity index (χ3v) is 3.47. The number of benzene rings is 2. The van der Waals surface area contributed by atoms with Gasteiger partial charge >= 0.3 is 0 Å². The van der Waals surface area contributed by atoms with Crippen molar-refractivity contribution < 1.29 is 4.79 Å². The number of nitrogens with zero attached hydrogens (tertiary/aromatic N) is 2. The van der Waals surface area contributed by atoms with Crippen LogP contribution >= 0.6 is 0 Å². The van der Waals surface area contributed by atoms with Gasteiger partial charge in [-0.1, -0.05) is 60.7 Å². The highest BCUT2D eigenvalue weighted by molar-refractivity contribution is 6.14. The van der Waals surface area contributed by atoms with Crippen molar-refractivity contribution in [2.24, 2.45) is 4.99 Å². The average Bonchev–Trinajstić information content (AvgIpc) is 2.78. The first kappa shape index (κ1) is 13.3. The summed E-state index contributed by atoms with van der Waals surface area (Å²) in [6, 6.07) is 19.8. The molecule has 0 aliphatic carbocycles. The van der Waals surface area contributed by atoms with Crippen LogP contribution < -0.4 is 0 Å². The van der Waals surface area contributed by atoms with Gasteiger partial charge in [0.25, 0.3) is 5.91 Å².